The Hall–Kier alpha value is -2.07. The van der Waals surface area contributed by atoms with Gasteiger partial charge in [0.1, 0.15) is 5.82 Å². The lowest BCUT2D eigenvalue weighted by atomic mass is 9.95. The van der Waals surface area contributed by atoms with E-state index in [2.05, 4.69) is 35.3 Å². The zero-order valence-electron chi connectivity index (χ0n) is 13.2. The second-order valence-corrected chi connectivity index (χ2v) is 5.90. The van der Waals surface area contributed by atoms with E-state index in [0.717, 1.165) is 65.0 Å². The molecule has 0 atom stereocenters. The summed E-state index contributed by atoms with van der Waals surface area (Å²) in [6.07, 6.45) is 1.11. The number of hydrogen-bond acceptors (Lipinski definition) is 2. The molecule has 4 heteroatoms. The average molecular weight is 299 g/mol. The summed E-state index contributed by atoms with van der Waals surface area (Å²) in [5.41, 5.74) is 5.67. The molecule has 22 heavy (non-hydrogen) atoms. The van der Waals surface area contributed by atoms with Gasteiger partial charge in [-0.1, -0.05) is 20.1 Å². The van der Waals surface area contributed by atoms with E-state index in [4.69, 9.17) is 0 Å². The molecule has 0 fully saturated rings. The first-order chi connectivity index (χ1) is 10.5. The smallest absolute Gasteiger partial charge is 0.125 e. The molecule has 2 heterocycles. The van der Waals surface area contributed by atoms with Gasteiger partial charge in [-0.05, 0) is 30.7 Å². The molecule has 1 aromatic carbocycles. The molecule has 1 aromatic heterocycles. The molecular weight excluding hydrogens is 277 g/mol. The van der Waals surface area contributed by atoms with Crippen molar-refractivity contribution in [2.75, 3.05) is 20.1 Å². The molecule has 2 N–H and O–H groups in total. The van der Waals surface area contributed by atoms with Crippen molar-refractivity contribution in [2.45, 2.75) is 19.9 Å². The summed E-state index contributed by atoms with van der Waals surface area (Å²) in [6, 6.07) is 3.10. The van der Waals surface area contributed by atoms with Gasteiger partial charge in [-0.25, -0.2) is 4.39 Å². The van der Waals surface area contributed by atoms with Crippen molar-refractivity contribution >= 4 is 22.2 Å². The van der Waals surface area contributed by atoms with Crippen LogP contribution >= 0.6 is 0 Å². The fourth-order valence-corrected chi connectivity index (χ4v) is 3.33. The van der Waals surface area contributed by atoms with Gasteiger partial charge in [0, 0.05) is 53.6 Å². The fourth-order valence-electron chi connectivity index (χ4n) is 3.33. The van der Waals surface area contributed by atoms with Crippen molar-refractivity contribution in [1.29, 1.82) is 0 Å². The molecule has 1 aliphatic heterocycles. The highest BCUT2D eigenvalue weighted by Crippen LogP contribution is 2.37. The van der Waals surface area contributed by atoms with Gasteiger partial charge in [-0.15, -0.1) is 0 Å². The first-order valence-corrected chi connectivity index (χ1v) is 7.66. The standard InChI is InChI=1S/C18H22FN3/c1-5-6-22-9-11(2)17-16(10-22)21-15-8-13(19)7-14(18(15)17)12(3)20-4/h7-8,20-21H,2-3,5-6,9-10H2,1,4H3. The van der Waals surface area contributed by atoms with E-state index in [1.807, 2.05) is 0 Å². The Labute approximate surface area is 130 Å². The Kier molecular flexibility index (Phi) is 3.79. The second-order valence-electron chi connectivity index (χ2n) is 5.90. The third-order valence-electron chi connectivity index (χ3n) is 4.26. The zero-order valence-corrected chi connectivity index (χ0v) is 13.2. The van der Waals surface area contributed by atoms with Gasteiger partial charge in [0.15, 0.2) is 0 Å². The third-order valence-corrected chi connectivity index (χ3v) is 4.26. The Balaban J connectivity index is 2.21. The summed E-state index contributed by atoms with van der Waals surface area (Å²) >= 11 is 0. The summed E-state index contributed by atoms with van der Waals surface area (Å²) in [5, 5.41) is 4.05. The minimum absolute atomic E-state index is 0.256. The Morgan fingerprint density at radius 2 is 2.18 bits per heavy atom. The van der Waals surface area contributed by atoms with E-state index < -0.39 is 0 Å². The number of benzene rings is 1. The summed E-state index contributed by atoms with van der Waals surface area (Å²) < 4.78 is 13.9. The zero-order chi connectivity index (χ0) is 15.9. The molecule has 0 unspecified atom stereocenters. The molecular formula is C18H22FN3. The fraction of sp³-hybridized carbons (Fsp3) is 0.333. The molecule has 0 spiro atoms. The lowest BCUT2D eigenvalue weighted by Crippen LogP contribution is -2.30. The number of hydrogen-bond donors (Lipinski definition) is 2. The number of aromatic nitrogens is 1. The molecule has 0 saturated heterocycles. The highest BCUT2D eigenvalue weighted by Gasteiger charge is 2.25. The van der Waals surface area contributed by atoms with Gasteiger partial charge in [-0.3, -0.25) is 4.90 Å². The van der Waals surface area contributed by atoms with Crippen LogP contribution in [0.4, 0.5) is 4.39 Å². The van der Waals surface area contributed by atoms with Gasteiger partial charge in [-0.2, -0.15) is 0 Å². The summed E-state index contributed by atoms with van der Waals surface area (Å²) in [5.74, 6) is -0.256. The quantitative estimate of drug-likeness (QED) is 0.901. The van der Waals surface area contributed by atoms with Crippen LogP contribution in [-0.2, 0) is 6.54 Å². The molecule has 1 aliphatic rings. The number of fused-ring (bicyclic) bond motifs is 3. The van der Waals surface area contributed by atoms with Crippen molar-refractivity contribution in [2.24, 2.45) is 0 Å². The number of nitrogens with zero attached hydrogens (tertiary/aromatic N) is 1. The number of rotatable bonds is 4. The van der Waals surface area contributed by atoms with Crippen molar-refractivity contribution < 1.29 is 4.39 Å². The predicted octanol–water partition coefficient (Wildman–Crippen LogP) is 3.74. The minimum atomic E-state index is -0.256. The first kappa shape index (κ1) is 14.9. The van der Waals surface area contributed by atoms with Crippen LogP contribution in [0.1, 0.15) is 30.2 Å². The van der Waals surface area contributed by atoms with Crippen LogP contribution in [0.15, 0.2) is 25.3 Å². The average Bonchev–Trinajstić information content (AvgIpc) is 2.84. The van der Waals surface area contributed by atoms with E-state index in [-0.39, 0.29) is 5.82 Å². The molecule has 0 amide bonds. The molecule has 3 rings (SSSR count). The Bertz CT molecular complexity index is 757. The van der Waals surface area contributed by atoms with Crippen LogP contribution in [0.3, 0.4) is 0 Å². The third kappa shape index (κ3) is 2.33. The second kappa shape index (κ2) is 5.61. The van der Waals surface area contributed by atoms with E-state index in [9.17, 15) is 4.39 Å². The van der Waals surface area contributed by atoms with Crippen LogP contribution in [0, 0.1) is 5.82 Å². The van der Waals surface area contributed by atoms with Crippen LogP contribution < -0.4 is 5.32 Å². The molecule has 0 bridgehead atoms. The molecule has 0 radical (unpaired) electrons. The van der Waals surface area contributed by atoms with E-state index in [1.165, 1.54) is 0 Å². The number of nitrogens with one attached hydrogen (secondary N) is 2. The minimum Gasteiger partial charge on any atom is -0.388 e. The topological polar surface area (TPSA) is 31.1 Å². The van der Waals surface area contributed by atoms with E-state index in [0.29, 0.717) is 0 Å². The first-order valence-electron chi connectivity index (χ1n) is 7.66. The SMILES string of the molecule is C=C(NC)c1cc(F)cc2[nH]c3c(c12)C(=C)CN(CCC)C3. The van der Waals surface area contributed by atoms with Gasteiger partial charge >= 0.3 is 0 Å². The Morgan fingerprint density at radius 1 is 1.41 bits per heavy atom. The van der Waals surface area contributed by atoms with Crippen LogP contribution in [0.2, 0.25) is 0 Å². The Morgan fingerprint density at radius 3 is 2.86 bits per heavy atom. The number of H-pyrrole nitrogens is 1. The van der Waals surface area contributed by atoms with Crippen molar-refractivity contribution in [3.63, 3.8) is 0 Å². The summed E-state index contributed by atoms with van der Waals surface area (Å²) in [6.45, 7) is 13.2. The van der Waals surface area contributed by atoms with Crippen molar-refractivity contribution in [3.8, 4) is 0 Å². The maximum Gasteiger partial charge on any atom is 0.125 e. The van der Waals surface area contributed by atoms with Crippen LogP contribution in [0.25, 0.3) is 22.2 Å². The summed E-state index contributed by atoms with van der Waals surface area (Å²) in [7, 11) is 1.80. The van der Waals surface area contributed by atoms with E-state index in [1.54, 1.807) is 19.2 Å². The van der Waals surface area contributed by atoms with Crippen LogP contribution in [-0.4, -0.2) is 30.0 Å². The lowest BCUT2D eigenvalue weighted by molar-refractivity contribution is 0.289. The van der Waals surface area contributed by atoms with Crippen molar-refractivity contribution in [1.82, 2.24) is 15.2 Å². The highest BCUT2D eigenvalue weighted by atomic mass is 19.1. The van der Waals surface area contributed by atoms with E-state index >= 15 is 0 Å². The monoisotopic (exact) mass is 299 g/mol. The van der Waals surface area contributed by atoms with Crippen LogP contribution in [0.5, 0.6) is 0 Å². The molecule has 116 valence electrons. The molecule has 2 aromatic rings. The summed E-state index contributed by atoms with van der Waals surface area (Å²) in [4.78, 5) is 5.75. The molecule has 3 nitrogen and oxygen atoms in total. The van der Waals surface area contributed by atoms with Gasteiger partial charge < -0.3 is 10.3 Å². The molecule has 0 saturated carbocycles. The van der Waals surface area contributed by atoms with Crippen molar-refractivity contribution in [3.05, 3.63) is 47.9 Å². The maximum atomic E-state index is 13.9. The predicted molar refractivity (Wildman–Crippen MR) is 91.0 cm³/mol. The lowest BCUT2D eigenvalue weighted by Gasteiger charge is -2.28. The maximum absolute atomic E-state index is 13.9. The van der Waals surface area contributed by atoms with Gasteiger partial charge in [0.2, 0.25) is 0 Å². The van der Waals surface area contributed by atoms with Gasteiger partial charge in [0.25, 0.3) is 0 Å². The number of halogens is 1. The largest absolute Gasteiger partial charge is 0.388 e. The van der Waals surface area contributed by atoms with Gasteiger partial charge in [0.05, 0.1) is 0 Å². The highest BCUT2D eigenvalue weighted by molar-refractivity contribution is 6.01. The normalized spacial score (nSPS) is 15.1. The molecule has 0 aliphatic carbocycles. The number of aromatic amines is 1.